The number of nitrogens with two attached hydrogens (primary N) is 1. The summed E-state index contributed by atoms with van der Waals surface area (Å²) in [5.41, 5.74) is 6.33. The van der Waals surface area contributed by atoms with E-state index in [4.69, 9.17) is 5.73 Å². The molecule has 0 saturated carbocycles. The quantitative estimate of drug-likeness (QED) is 0.686. The van der Waals surface area contributed by atoms with Crippen LogP contribution in [0.5, 0.6) is 0 Å². The van der Waals surface area contributed by atoms with E-state index >= 15 is 0 Å². The Morgan fingerprint density at radius 2 is 1.89 bits per heavy atom. The highest BCUT2D eigenvalue weighted by Crippen LogP contribution is 2.34. The Morgan fingerprint density at radius 3 is 2.47 bits per heavy atom. The highest BCUT2D eigenvalue weighted by Gasteiger charge is 2.36. The van der Waals surface area contributed by atoms with Gasteiger partial charge in [-0.05, 0) is 27.2 Å². The number of rotatable bonds is 8. The number of hydrogen-bond acceptors (Lipinski definition) is 3. The van der Waals surface area contributed by atoms with Crippen LogP contribution in [-0.2, 0) is 0 Å². The van der Waals surface area contributed by atoms with Gasteiger partial charge in [0.1, 0.15) is 0 Å². The second-order valence-electron chi connectivity index (χ2n) is 6.89. The fraction of sp³-hybridized carbons (Fsp3) is 1.00. The van der Waals surface area contributed by atoms with E-state index in [2.05, 4.69) is 44.4 Å². The molecular formula is C16H34N2S. The van der Waals surface area contributed by atoms with Crippen LogP contribution >= 0.6 is 11.8 Å². The largest absolute Gasteiger partial charge is 0.329 e. The van der Waals surface area contributed by atoms with Gasteiger partial charge in [-0.15, -0.1) is 0 Å². The first-order valence-corrected chi connectivity index (χ1v) is 9.01. The summed E-state index contributed by atoms with van der Waals surface area (Å²) in [6.07, 6.45) is 8.05. The summed E-state index contributed by atoms with van der Waals surface area (Å²) >= 11 is 2.10. The molecule has 2 nitrogen and oxygen atoms in total. The Kier molecular flexibility index (Phi) is 7.20. The lowest BCUT2D eigenvalue weighted by Gasteiger charge is -2.47. The maximum absolute atomic E-state index is 6.12. The molecule has 1 rings (SSSR count). The molecule has 0 spiro atoms. The molecule has 2 N–H and O–H groups in total. The molecular weight excluding hydrogens is 252 g/mol. The Hall–Kier alpha value is 0.270. The van der Waals surface area contributed by atoms with Crippen LogP contribution in [0.3, 0.4) is 0 Å². The standard InChI is InChI=1S/C16H34N2S/c1-5-6-7-8-9-10-16(4,13-17)18-11-12-19-15(2,3)14-18/h5-14,17H2,1-4H3. The van der Waals surface area contributed by atoms with Gasteiger partial charge < -0.3 is 5.73 Å². The van der Waals surface area contributed by atoms with E-state index in [1.807, 2.05) is 0 Å². The molecule has 0 aromatic heterocycles. The van der Waals surface area contributed by atoms with Gasteiger partial charge in [0.15, 0.2) is 0 Å². The number of nitrogens with zero attached hydrogens (tertiary/aromatic N) is 1. The minimum atomic E-state index is 0.213. The van der Waals surface area contributed by atoms with Gasteiger partial charge in [-0.2, -0.15) is 11.8 Å². The Bertz CT molecular complexity index is 255. The van der Waals surface area contributed by atoms with Gasteiger partial charge in [0.05, 0.1) is 0 Å². The number of unbranched alkanes of at least 4 members (excludes halogenated alkanes) is 4. The summed E-state index contributed by atoms with van der Waals surface area (Å²) in [7, 11) is 0. The molecule has 1 fully saturated rings. The average Bonchev–Trinajstić information content (AvgIpc) is 2.37. The van der Waals surface area contributed by atoms with Crippen LogP contribution in [0, 0.1) is 0 Å². The van der Waals surface area contributed by atoms with Crippen molar-refractivity contribution in [2.45, 2.75) is 76.5 Å². The zero-order valence-corrected chi connectivity index (χ0v) is 14.3. The molecule has 19 heavy (non-hydrogen) atoms. The Balaban J connectivity index is 2.44. The molecule has 0 aromatic rings. The van der Waals surface area contributed by atoms with Crippen molar-refractivity contribution in [1.82, 2.24) is 4.90 Å². The second kappa shape index (κ2) is 7.90. The predicted molar refractivity (Wildman–Crippen MR) is 88.9 cm³/mol. The van der Waals surface area contributed by atoms with E-state index in [0.717, 1.165) is 6.54 Å². The molecule has 1 saturated heterocycles. The van der Waals surface area contributed by atoms with Gasteiger partial charge in [0.2, 0.25) is 0 Å². The Morgan fingerprint density at radius 1 is 1.21 bits per heavy atom. The van der Waals surface area contributed by atoms with Crippen molar-refractivity contribution in [3.8, 4) is 0 Å². The SMILES string of the molecule is CCCCCCCC(C)(CN)N1CCSC(C)(C)C1. The molecule has 3 heteroatoms. The van der Waals surface area contributed by atoms with Crippen molar-refractivity contribution in [2.75, 3.05) is 25.4 Å². The van der Waals surface area contributed by atoms with Crippen LogP contribution in [0.25, 0.3) is 0 Å². The van der Waals surface area contributed by atoms with E-state index < -0.39 is 0 Å². The van der Waals surface area contributed by atoms with Crippen molar-refractivity contribution in [2.24, 2.45) is 5.73 Å². The van der Waals surface area contributed by atoms with E-state index in [9.17, 15) is 0 Å². The van der Waals surface area contributed by atoms with Crippen LogP contribution in [0.1, 0.15) is 66.2 Å². The molecule has 1 atom stereocenters. The van der Waals surface area contributed by atoms with Crippen molar-refractivity contribution < 1.29 is 0 Å². The Labute approximate surface area is 124 Å². The van der Waals surface area contributed by atoms with Crippen LogP contribution in [0.4, 0.5) is 0 Å². The average molecular weight is 287 g/mol. The second-order valence-corrected chi connectivity index (χ2v) is 8.70. The van der Waals surface area contributed by atoms with Gasteiger partial charge in [0.25, 0.3) is 0 Å². The third kappa shape index (κ3) is 5.65. The van der Waals surface area contributed by atoms with E-state index in [1.54, 1.807) is 0 Å². The van der Waals surface area contributed by atoms with Crippen LogP contribution in [0.2, 0.25) is 0 Å². The van der Waals surface area contributed by atoms with Gasteiger partial charge >= 0.3 is 0 Å². The van der Waals surface area contributed by atoms with Gasteiger partial charge in [-0.3, -0.25) is 4.90 Å². The third-order valence-electron chi connectivity index (χ3n) is 4.45. The molecule has 0 bridgehead atoms. The highest BCUT2D eigenvalue weighted by atomic mass is 32.2. The van der Waals surface area contributed by atoms with Crippen molar-refractivity contribution >= 4 is 11.8 Å². The molecule has 0 aliphatic carbocycles. The molecule has 1 aliphatic rings. The molecule has 0 amide bonds. The smallest absolute Gasteiger partial charge is 0.0304 e. The number of hydrogen-bond donors (Lipinski definition) is 1. The lowest BCUT2D eigenvalue weighted by molar-refractivity contribution is 0.0928. The monoisotopic (exact) mass is 286 g/mol. The summed E-state index contributed by atoms with van der Waals surface area (Å²) in [4.78, 5) is 2.66. The maximum atomic E-state index is 6.12. The van der Waals surface area contributed by atoms with Crippen LogP contribution < -0.4 is 5.73 Å². The minimum absolute atomic E-state index is 0.213. The van der Waals surface area contributed by atoms with Gasteiger partial charge in [-0.1, -0.05) is 39.0 Å². The first-order valence-electron chi connectivity index (χ1n) is 8.02. The summed E-state index contributed by atoms with van der Waals surface area (Å²) in [5.74, 6) is 1.25. The van der Waals surface area contributed by atoms with E-state index in [0.29, 0.717) is 4.75 Å². The van der Waals surface area contributed by atoms with Gasteiger partial charge in [0, 0.05) is 35.7 Å². The van der Waals surface area contributed by atoms with Crippen LogP contribution in [0.15, 0.2) is 0 Å². The fourth-order valence-corrected chi connectivity index (χ4v) is 4.09. The van der Waals surface area contributed by atoms with E-state index in [1.165, 1.54) is 57.4 Å². The zero-order chi connectivity index (χ0) is 14.4. The minimum Gasteiger partial charge on any atom is -0.329 e. The molecule has 1 heterocycles. The topological polar surface area (TPSA) is 29.3 Å². The van der Waals surface area contributed by atoms with Crippen molar-refractivity contribution in [3.05, 3.63) is 0 Å². The summed E-state index contributed by atoms with van der Waals surface area (Å²) in [6.45, 7) is 12.6. The maximum Gasteiger partial charge on any atom is 0.0304 e. The summed E-state index contributed by atoms with van der Waals surface area (Å²) in [6, 6.07) is 0. The fourth-order valence-electron chi connectivity index (χ4n) is 2.98. The summed E-state index contributed by atoms with van der Waals surface area (Å²) in [5, 5.41) is 0. The molecule has 0 aromatic carbocycles. The summed E-state index contributed by atoms with van der Waals surface area (Å²) < 4.78 is 0.386. The van der Waals surface area contributed by atoms with Crippen molar-refractivity contribution in [1.29, 1.82) is 0 Å². The molecule has 114 valence electrons. The molecule has 0 radical (unpaired) electrons. The first-order chi connectivity index (χ1) is 8.93. The first kappa shape index (κ1) is 17.3. The lowest BCUT2D eigenvalue weighted by atomic mass is 9.90. The van der Waals surface area contributed by atoms with E-state index in [-0.39, 0.29) is 5.54 Å². The third-order valence-corrected chi connectivity index (χ3v) is 5.75. The zero-order valence-electron chi connectivity index (χ0n) is 13.5. The predicted octanol–water partition coefficient (Wildman–Crippen LogP) is 3.89. The number of thioether (sulfide) groups is 1. The van der Waals surface area contributed by atoms with Gasteiger partial charge in [-0.25, -0.2) is 0 Å². The lowest BCUT2D eigenvalue weighted by Crippen LogP contribution is -2.58. The highest BCUT2D eigenvalue weighted by molar-refractivity contribution is 8.00. The molecule has 1 unspecified atom stereocenters. The normalized spacial score (nSPS) is 23.2. The van der Waals surface area contributed by atoms with Crippen LogP contribution in [-0.4, -0.2) is 40.6 Å². The van der Waals surface area contributed by atoms with Crippen molar-refractivity contribution in [3.63, 3.8) is 0 Å². The molecule has 1 aliphatic heterocycles.